The summed E-state index contributed by atoms with van der Waals surface area (Å²) in [5, 5.41) is 20.5. The Bertz CT molecular complexity index is 597. The number of anilines is 1. The largest absolute Gasteiger partial charge is 0.480 e. The van der Waals surface area contributed by atoms with E-state index in [9.17, 15) is 9.59 Å². The zero-order chi connectivity index (χ0) is 14.7. The molecule has 0 aromatic heterocycles. The zero-order valence-electron chi connectivity index (χ0n) is 10.5. The summed E-state index contributed by atoms with van der Waals surface area (Å²) in [6, 6.07) is 5.56. The quantitative estimate of drug-likeness (QED) is 0.866. The molecule has 1 atom stereocenters. The molecular formula is C13H12BrN3O3. The van der Waals surface area contributed by atoms with Gasteiger partial charge in [-0.2, -0.15) is 5.26 Å². The maximum absolute atomic E-state index is 12.1. The molecule has 1 aliphatic heterocycles. The SMILES string of the molecule is N#Cc1ccc(NC(=O)N2CCC[C@H]2C(=O)O)c(Br)c1. The van der Waals surface area contributed by atoms with Crippen molar-refractivity contribution in [3.05, 3.63) is 28.2 Å². The van der Waals surface area contributed by atoms with Gasteiger partial charge in [-0.15, -0.1) is 0 Å². The Morgan fingerprint density at radius 1 is 1.50 bits per heavy atom. The smallest absolute Gasteiger partial charge is 0.326 e. The molecule has 1 fully saturated rings. The van der Waals surface area contributed by atoms with E-state index >= 15 is 0 Å². The van der Waals surface area contributed by atoms with Crippen LogP contribution in [-0.4, -0.2) is 34.6 Å². The predicted molar refractivity (Wildman–Crippen MR) is 75.2 cm³/mol. The van der Waals surface area contributed by atoms with E-state index < -0.39 is 18.0 Å². The van der Waals surface area contributed by atoms with Gasteiger partial charge in [0.25, 0.3) is 0 Å². The minimum atomic E-state index is -0.989. The molecule has 2 amide bonds. The Kier molecular flexibility index (Phi) is 4.25. The fourth-order valence-corrected chi connectivity index (χ4v) is 2.62. The first kappa shape index (κ1) is 14.3. The van der Waals surface area contributed by atoms with E-state index in [4.69, 9.17) is 10.4 Å². The number of likely N-dealkylation sites (tertiary alicyclic amines) is 1. The van der Waals surface area contributed by atoms with Crippen LogP contribution in [0.2, 0.25) is 0 Å². The number of hydrogen-bond donors (Lipinski definition) is 2. The molecule has 6 nitrogen and oxygen atoms in total. The fraction of sp³-hybridized carbons (Fsp3) is 0.308. The summed E-state index contributed by atoms with van der Waals surface area (Å²) in [4.78, 5) is 24.5. The lowest BCUT2D eigenvalue weighted by Gasteiger charge is -2.22. The van der Waals surface area contributed by atoms with Gasteiger partial charge in [-0.1, -0.05) is 0 Å². The molecule has 0 saturated carbocycles. The number of amides is 2. The van der Waals surface area contributed by atoms with Gasteiger partial charge < -0.3 is 15.3 Å². The Morgan fingerprint density at radius 2 is 2.25 bits per heavy atom. The van der Waals surface area contributed by atoms with Crippen LogP contribution >= 0.6 is 15.9 Å². The lowest BCUT2D eigenvalue weighted by Crippen LogP contribution is -2.42. The van der Waals surface area contributed by atoms with Crippen LogP contribution in [0.1, 0.15) is 18.4 Å². The highest BCUT2D eigenvalue weighted by Crippen LogP contribution is 2.25. The highest BCUT2D eigenvalue weighted by atomic mass is 79.9. The van der Waals surface area contributed by atoms with E-state index in [1.807, 2.05) is 6.07 Å². The molecule has 1 aliphatic rings. The molecule has 0 radical (unpaired) electrons. The van der Waals surface area contributed by atoms with Gasteiger partial charge >= 0.3 is 12.0 Å². The summed E-state index contributed by atoms with van der Waals surface area (Å²) >= 11 is 3.27. The molecule has 2 N–H and O–H groups in total. The molecule has 0 spiro atoms. The number of aliphatic carboxylic acids is 1. The number of nitrogens with one attached hydrogen (secondary N) is 1. The van der Waals surface area contributed by atoms with Gasteiger partial charge in [0.15, 0.2) is 0 Å². The first-order valence-corrected chi connectivity index (χ1v) is 6.82. The normalized spacial score (nSPS) is 17.6. The third kappa shape index (κ3) is 2.91. The van der Waals surface area contributed by atoms with Gasteiger partial charge in [-0.05, 0) is 47.0 Å². The summed E-state index contributed by atoms with van der Waals surface area (Å²) in [5.41, 5.74) is 0.976. The average molecular weight is 338 g/mol. The van der Waals surface area contributed by atoms with Gasteiger partial charge in [-0.3, -0.25) is 0 Å². The number of urea groups is 1. The summed E-state index contributed by atoms with van der Waals surface area (Å²) in [7, 11) is 0. The number of carboxylic acid groups (broad SMARTS) is 1. The van der Waals surface area contributed by atoms with E-state index in [2.05, 4.69) is 21.2 Å². The number of carbonyl (C=O) groups excluding carboxylic acids is 1. The molecule has 0 bridgehead atoms. The third-order valence-electron chi connectivity index (χ3n) is 3.14. The molecule has 1 aromatic rings. The van der Waals surface area contributed by atoms with Gasteiger partial charge in [-0.25, -0.2) is 9.59 Å². The molecule has 1 heterocycles. The second kappa shape index (κ2) is 5.92. The van der Waals surface area contributed by atoms with Crippen molar-refractivity contribution in [3.63, 3.8) is 0 Å². The van der Waals surface area contributed by atoms with Crippen molar-refractivity contribution >= 4 is 33.6 Å². The number of benzene rings is 1. The minimum absolute atomic E-state index is 0.427. The molecule has 0 aliphatic carbocycles. The van der Waals surface area contributed by atoms with Crippen LogP contribution in [-0.2, 0) is 4.79 Å². The molecule has 0 unspecified atom stereocenters. The number of nitrogens with zero attached hydrogens (tertiary/aromatic N) is 2. The maximum atomic E-state index is 12.1. The molecule has 1 saturated heterocycles. The van der Waals surface area contributed by atoms with Crippen LogP contribution in [0.3, 0.4) is 0 Å². The van der Waals surface area contributed by atoms with Crippen LogP contribution < -0.4 is 5.32 Å². The predicted octanol–water partition coefficient (Wildman–Crippen LogP) is 2.40. The Morgan fingerprint density at radius 3 is 2.85 bits per heavy atom. The first-order valence-electron chi connectivity index (χ1n) is 6.03. The summed E-state index contributed by atoms with van der Waals surface area (Å²) in [6.07, 6.45) is 1.15. The van der Waals surface area contributed by atoms with E-state index in [-0.39, 0.29) is 0 Å². The van der Waals surface area contributed by atoms with Gasteiger partial charge in [0.2, 0.25) is 0 Å². The number of rotatable bonds is 2. The third-order valence-corrected chi connectivity index (χ3v) is 3.79. The molecule has 104 valence electrons. The van der Waals surface area contributed by atoms with Crippen LogP contribution in [0.4, 0.5) is 10.5 Å². The molecule has 1 aromatic carbocycles. The van der Waals surface area contributed by atoms with Crippen molar-refractivity contribution in [2.45, 2.75) is 18.9 Å². The van der Waals surface area contributed by atoms with E-state index in [1.165, 1.54) is 4.90 Å². The van der Waals surface area contributed by atoms with Crippen LogP contribution in [0.15, 0.2) is 22.7 Å². The number of carboxylic acids is 1. The van der Waals surface area contributed by atoms with Crippen LogP contribution in [0.25, 0.3) is 0 Å². The molecule has 7 heteroatoms. The van der Waals surface area contributed by atoms with E-state index in [0.29, 0.717) is 35.1 Å². The Balaban J connectivity index is 2.12. The second-order valence-electron chi connectivity index (χ2n) is 4.43. The summed E-state index contributed by atoms with van der Waals surface area (Å²) in [6.45, 7) is 0.427. The lowest BCUT2D eigenvalue weighted by molar-refractivity contribution is -0.141. The number of nitriles is 1. The number of halogens is 1. The lowest BCUT2D eigenvalue weighted by atomic mass is 10.2. The van der Waals surface area contributed by atoms with Crippen molar-refractivity contribution in [1.82, 2.24) is 4.90 Å². The van der Waals surface area contributed by atoms with Crippen molar-refractivity contribution in [3.8, 4) is 6.07 Å². The highest BCUT2D eigenvalue weighted by molar-refractivity contribution is 9.10. The van der Waals surface area contributed by atoms with Crippen molar-refractivity contribution in [2.75, 3.05) is 11.9 Å². The highest BCUT2D eigenvalue weighted by Gasteiger charge is 2.34. The van der Waals surface area contributed by atoms with Crippen molar-refractivity contribution < 1.29 is 14.7 Å². The van der Waals surface area contributed by atoms with Crippen LogP contribution in [0.5, 0.6) is 0 Å². The van der Waals surface area contributed by atoms with E-state index in [1.54, 1.807) is 18.2 Å². The van der Waals surface area contributed by atoms with Gasteiger partial charge in [0, 0.05) is 11.0 Å². The maximum Gasteiger partial charge on any atom is 0.326 e. The Labute approximate surface area is 124 Å². The molecule has 2 rings (SSSR count). The van der Waals surface area contributed by atoms with Crippen molar-refractivity contribution in [2.24, 2.45) is 0 Å². The monoisotopic (exact) mass is 337 g/mol. The fourth-order valence-electron chi connectivity index (χ4n) is 2.14. The summed E-state index contributed by atoms with van der Waals surface area (Å²) < 4.78 is 0.580. The zero-order valence-corrected chi connectivity index (χ0v) is 12.1. The average Bonchev–Trinajstić information content (AvgIpc) is 2.90. The Hall–Kier alpha value is -2.07. The van der Waals surface area contributed by atoms with Crippen LogP contribution in [0, 0.1) is 11.3 Å². The topological polar surface area (TPSA) is 93.4 Å². The van der Waals surface area contributed by atoms with Gasteiger partial charge in [0.1, 0.15) is 6.04 Å². The van der Waals surface area contributed by atoms with Crippen molar-refractivity contribution in [1.29, 1.82) is 5.26 Å². The van der Waals surface area contributed by atoms with E-state index in [0.717, 1.165) is 0 Å². The minimum Gasteiger partial charge on any atom is -0.480 e. The second-order valence-corrected chi connectivity index (χ2v) is 5.28. The van der Waals surface area contributed by atoms with Gasteiger partial charge in [0.05, 0.1) is 17.3 Å². The number of carbonyl (C=O) groups is 2. The summed E-state index contributed by atoms with van der Waals surface area (Å²) in [5.74, 6) is -0.989. The molecular weight excluding hydrogens is 326 g/mol. The number of hydrogen-bond acceptors (Lipinski definition) is 3. The first-order chi connectivity index (χ1) is 9.52. The molecule has 20 heavy (non-hydrogen) atoms. The standard InChI is InChI=1S/C13H12BrN3O3/c14-9-6-8(7-15)3-4-10(9)16-13(20)17-5-1-2-11(17)12(18)19/h3-4,6,11H,1-2,5H2,(H,16,20)(H,18,19)/t11-/m0/s1.